The first-order valence-electron chi connectivity index (χ1n) is 11.2. The van der Waals surface area contributed by atoms with E-state index in [1.807, 2.05) is 18.2 Å². The molecule has 34 heavy (non-hydrogen) atoms. The molecule has 2 aliphatic heterocycles. The maximum absolute atomic E-state index is 12.6. The molecule has 9 heteroatoms. The second-order valence-corrected chi connectivity index (χ2v) is 8.50. The summed E-state index contributed by atoms with van der Waals surface area (Å²) in [4.78, 5) is 40.7. The maximum atomic E-state index is 12.6. The molecule has 1 saturated heterocycles. The highest BCUT2D eigenvalue weighted by molar-refractivity contribution is 5.98. The van der Waals surface area contributed by atoms with Crippen molar-refractivity contribution in [2.24, 2.45) is 0 Å². The standard InChI is InChI=1S/C25H25N3O6/c29-22(13-27-24(31)18-12-26-19-4-2-1-3-17(19)23(18)30)28-14-25(7-9-32-10-8-25)16-5-6-20-21(11-16)34-15-33-20/h1-6,11-12H,7-10,13-15H2,(H,26,30)(H,27,31)(H,28,29). The Morgan fingerprint density at radius 1 is 1.00 bits per heavy atom. The Labute approximate surface area is 195 Å². The second kappa shape index (κ2) is 9.18. The summed E-state index contributed by atoms with van der Waals surface area (Å²) in [6.45, 7) is 1.53. The number of carbonyl (C=O) groups is 2. The number of rotatable bonds is 6. The molecule has 0 radical (unpaired) electrons. The molecule has 1 aromatic heterocycles. The molecule has 1 fully saturated rings. The van der Waals surface area contributed by atoms with Gasteiger partial charge >= 0.3 is 0 Å². The van der Waals surface area contributed by atoms with Crippen LogP contribution in [0.25, 0.3) is 10.9 Å². The lowest BCUT2D eigenvalue weighted by atomic mass is 9.74. The number of nitrogens with one attached hydrogen (secondary N) is 3. The van der Waals surface area contributed by atoms with Crippen LogP contribution in [0.4, 0.5) is 0 Å². The molecule has 2 aromatic carbocycles. The third-order valence-electron chi connectivity index (χ3n) is 6.50. The minimum Gasteiger partial charge on any atom is -0.454 e. The van der Waals surface area contributed by atoms with Crippen LogP contribution in [0.5, 0.6) is 11.5 Å². The first kappa shape index (κ1) is 22.0. The van der Waals surface area contributed by atoms with Crippen LogP contribution in [0.3, 0.4) is 0 Å². The molecule has 2 amide bonds. The van der Waals surface area contributed by atoms with Crippen molar-refractivity contribution in [2.45, 2.75) is 18.3 Å². The number of benzene rings is 2. The van der Waals surface area contributed by atoms with Gasteiger partial charge in [-0.05, 0) is 42.7 Å². The van der Waals surface area contributed by atoms with Crippen molar-refractivity contribution in [3.8, 4) is 11.5 Å². The van der Waals surface area contributed by atoms with Gasteiger partial charge in [0.2, 0.25) is 18.1 Å². The SMILES string of the molecule is O=C(CNC(=O)c1c[nH]c2ccccc2c1=O)NCC1(c2ccc3c(c2)OCO3)CCOCC1. The highest BCUT2D eigenvalue weighted by Crippen LogP contribution is 2.40. The third-order valence-corrected chi connectivity index (χ3v) is 6.50. The summed E-state index contributed by atoms with van der Waals surface area (Å²) in [6, 6.07) is 12.8. The maximum Gasteiger partial charge on any atom is 0.257 e. The predicted octanol–water partition coefficient (Wildman–Crippen LogP) is 1.85. The van der Waals surface area contributed by atoms with Gasteiger partial charge in [0.05, 0.1) is 6.54 Å². The zero-order chi connectivity index (χ0) is 23.5. The normalized spacial score (nSPS) is 16.2. The Kier molecular flexibility index (Phi) is 5.93. The van der Waals surface area contributed by atoms with Crippen molar-refractivity contribution in [1.82, 2.24) is 15.6 Å². The zero-order valence-corrected chi connectivity index (χ0v) is 18.5. The van der Waals surface area contributed by atoms with E-state index in [4.69, 9.17) is 14.2 Å². The van der Waals surface area contributed by atoms with Crippen LogP contribution in [-0.4, -0.2) is 49.9 Å². The van der Waals surface area contributed by atoms with Gasteiger partial charge in [-0.25, -0.2) is 0 Å². The topological polar surface area (TPSA) is 119 Å². The Hall–Kier alpha value is -3.85. The first-order valence-corrected chi connectivity index (χ1v) is 11.2. The highest BCUT2D eigenvalue weighted by atomic mass is 16.7. The summed E-state index contributed by atoms with van der Waals surface area (Å²) < 4.78 is 16.5. The van der Waals surface area contributed by atoms with Crippen LogP contribution in [0.2, 0.25) is 0 Å². The van der Waals surface area contributed by atoms with Gasteiger partial charge in [-0.1, -0.05) is 18.2 Å². The molecule has 3 N–H and O–H groups in total. The molecule has 0 aliphatic carbocycles. The molecule has 0 saturated carbocycles. The van der Waals surface area contributed by atoms with Crippen LogP contribution in [-0.2, 0) is 14.9 Å². The Bertz CT molecular complexity index is 1300. The van der Waals surface area contributed by atoms with E-state index in [0.717, 1.165) is 18.4 Å². The van der Waals surface area contributed by atoms with Gasteiger partial charge in [0.15, 0.2) is 11.5 Å². The highest BCUT2D eigenvalue weighted by Gasteiger charge is 2.36. The van der Waals surface area contributed by atoms with Gasteiger partial charge < -0.3 is 29.8 Å². The van der Waals surface area contributed by atoms with E-state index < -0.39 is 5.91 Å². The lowest BCUT2D eigenvalue weighted by Gasteiger charge is -2.38. The number of aromatic nitrogens is 1. The van der Waals surface area contributed by atoms with Crippen molar-refractivity contribution < 1.29 is 23.8 Å². The second-order valence-electron chi connectivity index (χ2n) is 8.50. The number of ether oxygens (including phenoxy) is 3. The summed E-state index contributed by atoms with van der Waals surface area (Å²) in [5, 5.41) is 5.91. The van der Waals surface area contributed by atoms with E-state index in [1.165, 1.54) is 6.20 Å². The first-order chi connectivity index (χ1) is 16.6. The Morgan fingerprint density at radius 3 is 2.65 bits per heavy atom. The van der Waals surface area contributed by atoms with Gasteiger partial charge in [0, 0.05) is 42.3 Å². The van der Waals surface area contributed by atoms with Crippen molar-refractivity contribution in [3.05, 3.63) is 70.0 Å². The van der Waals surface area contributed by atoms with E-state index in [-0.39, 0.29) is 35.7 Å². The van der Waals surface area contributed by atoms with E-state index in [0.29, 0.717) is 42.2 Å². The fraction of sp³-hybridized carbons (Fsp3) is 0.320. The Balaban J connectivity index is 1.24. The summed E-state index contributed by atoms with van der Waals surface area (Å²) >= 11 is 0. The minimum absolute atomic E-state index is 0.0345. The number of pyridine rings is 1. The average molecular weight is 463 g/mol. The number of aromatic amines is 1. The van der Waals surface area contributed by atoms with Gasteiger partial charge in [-0.2, -0.15) is 0 Å². The molecule has 0 atom stereocenters. The number of fused-ring (bicyclic) bond motifs is 2. The molecule has 0 bridgehead atoms. The smallest absolute Gasteiger partial charge is 0.257 e. The van der Waals surface area contributed by atoms with Crippen molar-refractivity contribution in [1.29, 1.82) is 0 Å². The molecular formula is C25H25N3O6. The van der Waals surface area contributed by atoms with Crippen LogP contribution >= 0.6 is 0 Å². The quantitative estimate of drug-likeness (QED) is 0.514. The third kappa shape index (κ3) is 4.22. The van der Waals surface area contributed by atoms with E-state index in [2.05, 4.69) is 15.6 Å². The molecule has 2 aliphatic rings. The molecule has 0 unspecified atom stereocenters. The van der Waals surface area contributed by atoms with Gasteiger partial charge in [0.25, 0.3) is 5.91 Å². The van der Waals surface area contributed by atoms with Crippen LogP contribution < -0.4 is 25.5 Å². The fourth-order valence-corrected chi connectivity index (χ4v) is 4.48. The lowest BCUT2D eigenvalue weighted by Crippen LogP contribution is -2.47. The monoisotopic (exact) mass is 463 g/mol. The summed E-state index contributed by atoms with van der Waals surface area (Å²) in [5.74, 6) is 0.472. The number of para-hydroxylation sites is 1. The van der Waals surface area contributed by atoms with Crippen molar-refractivity contribution >= 4 is 22.7 Å². The summed E-state index contributed by atoms with van der Waals surface area (Å²) in [7, 11) is 0. The molecular weight excluding hydrogens is 438 g/mol. The zero-order valence-electron chi connectivity index (χ0n) is 18.5. The molecule has 0 spiro atoms. The number of H-pyrrole nitrogens is 1. The van der Waals surface area contributed by atoms with Gasteiger partial charge in [0.1, 0.15) is 5.56 Å². The number of amides is 2. The lowest BCUT2D eigenvalue weighted by molar-refractivity contribution is -0.120. The molecule has 5 rings (SSSR count). The molecule has 176 valence electrons. The molecule has 3 heterocycles. The van der Waals surface area contributed by atoms with E-state index >= 15 is 0 Å². The average Bonchev–Trinajstić information content (AvgIpc) is 3.35. The van der Waals surface area contributed by atoms with E-state index in [1.54, 1.807) is 24.3 Å². The van der Waals surface area contributed by atoms with Crippen LogP contribution in [0, 0.1) is 0 Å². The molecule has 9 nitrogen and oxygen atoms in total. The van der Waals surface area contributed by atoms with E-state index in [9.17, 15) is 14.4 Å². The largest absolute Gasteiger partial charge is 0.454 e. The van der Waals surface area contributed by atoms with Crippen LogP contribution in [0.15, 0.2) is 53.5 Å². The number of hydrogen-bond acceptors (Lipinski definition) is 6. The minimum atomic E-state index is -0.598. The summed E-state index contributed by atoms with van der Waals surface area (Å²) in [5.41, 5.74) is 0.970. The number of hydrogen-bond donors (Lipinski definition) is 3. The van der Waals surface area contributed by atoms with Crippen molar-refractivity contribution in [3.63, 3.8) is 0 Å². The number of carbonyl (C=O) groups excluding carboxylic acids is 2. The van der Waals surface area contributed by atoms with Crippen molar-refractivity contribution in [2.75, 3.05) is 33.1 Å². The van der Waals surface area contributed by atoms with Gasteiger partial charge in [-0.3, -0.25) is 14.4 Å². The Morgan fingerprint density at radius 2 is 1.79 bits per heavy atom. The van der Waals surface area contributed by atoms with Gasteiger partial charge in [-0.15, -0.1) is 0 Å². The summed E-state index contributed by atoms with van der Waals surface area (Å²) in [6.07, 6.45) is 2.85. The predicted molar refractivity (Wildman–Crippen MR) is 124 cm³/mol. The fourth-order valence-electron chi connectivity index (χ4n) is 4.48. The van der Waals surface area contributed by atoms with Crippen LogP contribution in [0.1, 0.15) is 28.8 Å². The molecule has 3 aromatic rings.